The predicted octanol–water partition coefficient (Wildman–Crippen LogP) is 4.42. The number of aromatic hydroxyl groups is 1. The van der Waals surface area contributed by atoms with Crippen molar-refractivity contribution in [3.63, 3.8) is 0 Å². The van der Waals surface area contributed by atoms with Gasteiger partial charge < -0.3 is 15.5 Å². The van der Waals surface area contributed by atoms with E-state index in [1.165, 1.54) is 10.7 Å². The van der Waals surface area contributed by atoms with E-state index in [2.05, 4.69) is 20.9 Å². The minimum atomic E-state index is -1.33. The molecule has 0 aliphatic rings. The smallest absolute Gasteiger partial charge is 0.336 e. The summed E-state index contributed by atoms with van der Waals surface area (Å²) >= 11 is 17.2. The zero-order valence-electron chi connectivity index (χ0n) is 17.5. The van der Waals surface area contributed by atoms with Crippen molar-refractivity contribution >= 4 is 63.6 Å². The number of hydrazone groups is 1. The molecule has 1 aromatic heterocycles. The Balaban J connectivity index is 1.81. The second-order valence-corrected chi connectivity index (χ2v) is 8.11. The lowest BCUT2D eigenvalue weighted by Crippen LogP contribution is -2.25. The topological polar surface area (TPSA) is 155 Å². The molecule has 0 saturated carbocycles. The van der Waals surface area contributed by atoms with Gasteiger partial charge in [-0.2, -0.15) is 10.2 Å². The molecule has 0 aliphatic carbocycles. The highest BCUT2D eigenvalue weighted by atomic mass is 35.5. The summed E-state index contributed by atoms with van der Waals surface area (Å²) in [6, 6.07) is 8.13. The lowest BCUT2D eigenvalue weighted by Gasteiger charge is -2.08. The number of carboxylic acid groups (broad SMARTS) is 1. The van der Waals surface area contributed by atoms with E-state index in [9.17, 15) is 20.0 Å². The average molecular weight is 523 g/mol. The quantitative estimate of drug-likeness (QED) is 0.159. The average Bonchev–Trinajstić information content (AvgIpc) is 3.07. The number of anilines is 1. The number of nitrogens with zero attached hydrogens (tertiary/aromatic N) is 4. The van der Waals surface area contributed by atoms with Crippen molar-refractivity contribution in [3.05, 3.63) is 67.8 Å². The molecular weight excluding hydrogens is 507 g/mol. The van der Waals surface area contributed by atoms with Crippen LogP contribution in [-0.2, 0) is 7.05 Å². The number of carboxylic acids is 1. The molecule has 0 aliphatic heterocycles. The van der Waals surface area contributed by atoms with E-state index in [1.54, 1.807) is 32.2 Å². The summed E-state index contributed by atoms with van der Waals surface area (Å²) in [5, 5.41) is 42.5. The molecule has 0 unspecified atom stereocenters. The Bertz CT molecular complexity index is 1330. The van der Waals surface area contributed by atoms with Gasteiger partial charge in [-0.1, -0.05) is 29.3 Å². The second-order valence-electron chi connectivity index (χ2n) is 6.89. The van der Waals surface area contributed by atoms with Crippen LogP contribution in [0.15, 0.2) is 41.5 Å². The van der Waals surface area contributed by atoms with Crippen molar-refractivity contribution in [1.82, 2.24) is 15.2 Å². The third kappa shape index (κ3) is 5.42. The van der Waals surface area contributed by atoms with Gasteiger partial charge in [0.15, 0.2) is 16.6 Å². The molecule has 2 aromatic carbocycles. The third-order valence-electron chi connectivity index (χ3n) is 4.52. The summed E-state index contributed by atoms with van der Waals surface area (Å²) < 4.78 is 1.45. The van der Waals surface area contributed by atoms with Crippen molar-refractivity contribution in [2.45, 2.75) is 6.92 Å². The fraction of sp³-hybridized carbons (Fsp3) is 0.100. The Morgan fingerprint density at radius 1 is 1.24 bits per heavy atom. The fourth-order valence-electron chi connectivity index (χ4n) is 2.98. The molecule has 11 nitrogen and oxygen atoms in total. The molecule has 4 N–H and O–H groups in total. The van der Waals surface area contributed by atoms with E-state index in [1.807, 2.05) is 0 Å². The highest BCUT2D eigenvalue weighted by molar-refractivity contribution is 7.80. The number of nitrogens with one attached hydrogen (secondary N) is 2. The second kappa shape index (κ2) is 10.0. The van der Waals surface area contributed by atoms with Crippen LogP contribution >= 0.6 is 35.4 Å². The van der Waals surface area contributed by atoms with Gasteiger partial charge in [-0.25, -0.2) is 4.79 Å². The van der Waals surface area contributed by atoms with E-state index in [0.717, 1.165) is 12.1 Å². The van der Waals surface area contributed by atoms with Gasteiger partial charge in [0, 0.05) is 30.4 Å². The van der Waals surface area contributed by atoms with Crippen LogP contribution in [0.1, 0.15) is 23.0 Å². The van der Waals surface area contributed by atoms with Gasteiger partial charge in [0.2, 0.25) is 0 Å². The largest absolute Gasteiger partial charge is 0.504 e. The summed E-state index contributed by atoms with van der Waals surface area (Å²) in [5.41, 5.74) is 3.33. The van der Waals surface area contributed by atoms with Gasteiger partial charge >= 0.3 is 5.97 Å². The van der Waals surface area contributed by atoms with Crippen molar-refractivity contribution in [2.24, 2.45) is 12.1 Å². The van der Waals surface area contributed by atoms with Crippen molar-refractivity contribution in [1.29, 1.82) is 0 Å². The first-order valence-electron chi connectivity index (χ1n) is 9.33. The summed E-state index contributed by atoms with van der Waals surface area (Å²) in [4.78, 5) is 21.6. The van der Waals surface area contributed by atoms with E-state index >= 15 is 0 Å². The van der Waals surface area contributed by atoms with Crippen LogP contribution < -0.4 is 10.7 Å². The fourth-order valence-corrected chi connectivity index (χ4v) is 3.44. The molecular formula is C20H16Cl2N6O5S. The number of halogens is 2. The molecule has 1 heterocycles. The summed E-state index contributed by atoms with van der Waals surface area (Å²) in [5.74, 6) is -1.48. The maximum atomic E-state index is 11.2. The highest BCUT2D eigenvalue weighted by Gasteiger charge is 2.20. The standard InChI is InChI=1S/C20H16Cl2N6O5S/c1-9(16-18(29)17(27(2)26-16)10-3-4-14(21)15(22)7-10)24-25-20(34)23-12-5-11(19(30)31)6-13(8-12)28(32)33/h3-8,29H,1-2H3,(H,30,31)(H2,23,25,34). The van der Waals surface area contributed by atoms with Crippen LogP contribution in [0.3, 0.4) is 0 Å². The van der Waals surface area contributed by atoms with Crippen LogP contribution in [0.4, 0.5) is 11.4 Å². The monoisotopic (exact) mass is 522 g/mol. The SMILES string of the molecule is CC(=NNC(=S)Nc1cc(C(=O)O)cc([N+](=O)[O-])c1)c1nn(C)c(-c2ccc(Cl)c(Cl)c2)c1O. The Kier molecular flexibility index (Phi) is 7.35. The van der Waals surface area contributed by atoms with Crippen LogP contribution in [-0.4, -0.2) is 41.7 Å². The molecule has 0 saturated heterocycles. The summed E-state index contributed by atoms with van der Waals surface area (Å²) in [6.45, 7) is 1.58. The van der Waals surface area contributed by atoms with Gasteiger partial charge in [-0.3, -0.25) is 20.2 Å². The molecule has 0 spiro atoms. The molecule has 0 fully saturated rings. The normalized spacial score (nSPS) is 11.2. The number of aromatic nitrogens is 2. The van der Waals surface area contributed by atoms with Crippen molar-refractivity contribution in [2.75, 3.05) is 5.32 Å². The lowest BCUT2D eigenvalue weighted by molar-refractivity contribution is -0.384. The highest BCUT2D eigenvalue weighted by Crippen LogP contribution is 2.35. The Morgan fingerprint density at radius 3 is 2.56 bits per heavy atom. The van der Waals surface area contributed by atoms with Crippen LogP contribution in [0, 0.1) is 10.1 Å². The molecule has 0 bridgehead atoms. The summed E-state index contributed by atoms with van der Waals surface area (Å²) in [7, 11) is 1.64. The Morgan fingerprint density at radius 2 is 1.94 bits per heavy atom. The van der Waals surface area contributed by atoms with Crippen LogP contribution in [0.25, 0.3) is 11.3 Å². The van der Waals surface area contributed by atoms with Gasteiger partial charge in [-0.05, 0) is 37.3 Å². The molecule has 3 aromatic rings. The Hall–Kier alpha value is -3.74. The number of aryl methyl sites for hydroxylation is 1. The van der Waals surface area contributed by atoms with Crippen molar-refractivity contribution < 1.29 is 19.9 Å². The van der Waals surface area contributed by atoms with Crippen LogP contribution in [0.2, 0.25) is 10.0 Å². The number of non-ortho nitro benzene ring substituents is 1. The van der Waals surface area contributed by atoms with E-state index in [4.69, 9.17) is 40.5 Å². The number of nitro groups is 1. The molecule has 14 heteroatoms. The molecule has 176 valence electrons. The van der Waals surface area contributed by atoms with Crippen molar-refractivity contribution in [3.8, 4) is 17.0 Å². The van der Waals surface area contributed by atoms with E-state index in [-0.39, 0.29) is 33.5 Å². The van der Waals surface area contributed by atoms with Gasteiger partial charge in [0.05, 0.1) is 26.2 Å². The first kappa shape index (κ1) is 24.9. The number of benzene rings is 2. The first-order valence-corrected chi connectivity index (χ1v) is 10.5. The first-order chi connectivity index (χ1) is 16.0. The minimum Gasteiger partial charge on any atom is -0.504 e. The van der Waals surface area contributed by atoms with Gasteiger partial charge in [0.1, 0.15) is 5.69 Å². The van der Waals surface area contributed by atoms with Gasteiger partial charge in [0.25, 0.3) is 5.69 Å². The summed E-state index contributed by atoms with van der Waals surface area (Å²) in [6.07, 6.45) is 0. The third-order valence-corrected chi connectivity index (χ3v) is 5.45. The number of nitro benzene ring substituents is 1. The number of carbonyl (C=O) groups is 1. The Labute approximate surface area is 207 Å². The predicted molar refractivity (Wildman–Crippen MR) is 132 cm³/mol. The number of hydrogen-bond donors (Lipinski definition) is 4. The lowest BCUT2D eigenvalue weighted by atomic mass is 10.1. The zero-order chi connectivity index (χ0) is 25.2. The molecule has 0 amide bonds. The number of hydrogen-bond acceptors (Lipinski definition) is 7. The maximum absolute atomic E-state index is 11.2. The zero-order valence-corrected chi connectivity index (χ0v) is 19.9. The minimum absolute atomic E-state index is 0.0729. The number of thiocarbonyl (C=S) groups is 1. The van der Waals surface area contributed by atoms with E-state index in [0.29, 0.717) is 21.3 Å². The van der Waals surface area contributed by atoms with Gasteiger partial charge in [-0.15, -0.1) is 0 Å². The molecule has 34 heavy (non-hydrogen) atoms. The molecule has 0 radical (unpaired) electrons. The maximum Gasteiger partial charge on any atom is 0.336 e. The number of aromatic carboxylic acids is 1. The number of rotatable bonds is 6. The van der Waals surface area contributed by atoms with E-state index < -0.39 is 16.6 Å². The molecule has 3 rings (SSSR count). The molecule has 0 atom stereocenters. The van der Waals surface area contributed by atoms with Crippen LogP contribution in [0.5, 0.6) is 5.75 Å².